The molecule has 160 valence electrons. The van der Waals surface area contributed by atoms with Crippen LogP contribution in [0, 0.1) is 19.8 Å². The van der Waals surface area contributed by atoms with E-state index in [9.17, 15) is 13.6 Å². The Balaban J connectivity index is 1.43. The normalized spacial score (nSPS) is 16.5. The molecule has 4 rings (SSSR count). The number of pyridine rings is 1. The number of aryl methyl sites for hydroxylation is 2. The molecule has 3 aromatic rings. The lowest BCUT2D eigenvalue weighted by atomic mass is 9.91. The topological polar surface area (TPSA) is 77.0 Å². The van der Waals surface area contributed by atoms with Gasteiger partial charge in [-0.2, -0.15) is 5.10 Å². The number of fused-ring (bicyclic) bond motifs is 1. The molecule has 1 amide bonds. The van der Waals surface area contributed by atoms with Crippen molar-refractivity contribution in [3.05, 3.63) is 41.0 Å². The summed E-state index contributed by atoms with van der Waals surface area (Å²) < 4.78 is 34.1. The Morgan fingerprint density at radius 2 is 2.03 bits per heavy atom. The van der Waals surface area contributed by atoms with Crippen molar-refractivity contribution in [2.45, 2.75) is 52.5 Å². The van der Waals surface area contributed by atoms with Crippen molar-refractivity contribution >= 4 is 17.0 Å². The largest absolute Gasteiger partial charge is 0.342 e. The Kier molecular flexibility index (Phi) is 5.53. The molecule has 1 unspecified atom stereocenters. The van der Waals surface area contributed by atoms with Crippen LogP contribution in [0.3, 0.4) is 0 Å². The number of hydrogen-bond acceptors (Lipinski definition) is 5. The van der Waals surface area contributed by atoms with Crippen molar-refractivity contribution in [3.63, 3.8) is 0 Å². The molecule has 7 nitrogen and oxygen atoms in total. The number of rotatable bonds is 5. The minimum Gasteiger partial charge on any atom is -0.342 e. The number of carbonyl (C=O) groups excluding carboxylic acids is 1. The van der Waals surface area contributed by atoms with Crippen LogP contribution in [-0.4, -0.2) is 43.8 Å². The number of amides is 1. The second kappa shape index (κ2) is 8.12. The molecule has 30 heavy (non-hydrogen) atoms. The lowest BCUT2D eigenvalue weighted by Gasteiger charge is -2.33. The first-order chi connectivity index (χ1) is 14.3. The monoisotopic (exact) mass is 417 g/mol. The highest BCUT2D eigenvalue weighted by atomic mass is 19.3. The van der Waals surface area contributed by atoms with Crippen LogP contribution in [0.1, 0.15) is 54.8 Å². The maximum Gasteiger partial charge on any atom is 0.264 e. The SMILES string of the molecule is Cc1ccn(CC(C)C(=O)N2CCC(c3cc(C(F)F)c4c(C)noc4n3)CC2)n1. The van der Waals surface area contributed by atoms with Crippen LogP contribution >= 0.6 is 0 Å². The molecule has 4 heterocycles. The summed E-state index contributed by atoms with van der Waals surface area (Å²) in [6, 6.07) is 3.39. The van der Waals surface area contributed by atoms with E-state index in [0.29, 0.717) is 49.2 Å². The molecule has 0 aromatic carbocycles. The van der Waals surface area contributed by atoms with Crippen molar-refractivity contribution in [2.24, 2.45) is 5.92 Å². The molecule has 0 bridgehead atoms. The van der Waals surface area contributed by atoms with E-state index in [1.807, 2.05) is 31.0 Å². The molecule has 0 N–H and O–H groups in total. The molecular weight excluding hydrogens is 392 g/mol. The molecule has 1 saturated heterocycles. The average Bonchev–Trinajstić information content (AvgIpc) is 3.32. The zero-order valence-electron chi connectivity index (χ0n) is 17.3. The summed E-state index contributed by atoms with van der Waals surface area (Å²) >= 11 is 0. The van der Waals surface area contributed by atoms with Crippen molar-refractivity contribution in [3.8, 4) is 0 Å². The second-order valence-corrected chi connectivity index (χ2v) is 8.06. The minimum absolute atomic E-state index is 0.00503. The molecule has 1 fully saturated rings. The fourth-order valence-corrected chi connectivity index (χ4v) is 4.16. The number of likely N-dealkylation sites (tertiary alicyclic amines) is 1. The van der Waals surface area contributed by atoms with Gasteiger partial charge in [-0.1, -0.05) is 12.1 Å². The Labute approximate surface area is 173 Å². The summed E-state index contributed by atoms with van der Waals surface area (Å²) in [7, 11) is 0. The third-order valence-corrected chi connectivity index (χ3v) is 5.78. The summed E-state index contributed by atoms with van der Waals surface area (Å²) in [5, 5.41) is 8.42. The third kappa shape index (κ3) is 3.93. The van der Waals surface area contributed by atoms with E-state index in [1.165, 1.54) is 6.07 Å². The van der Waals surface area contributed by atoms with E-state index >= 15 is 0 Å². The first-order valence-corrected chi connectivity index (χ1v) is 10.2. The molecule has 0 spiro atoms. The average molecular weight is 417 g/mol. The molecule has 0 saturated carbocycles. The van der Waals surface area contributed by atoms with E-state index < -0.39 is 6.43 Å². The Bertz CT molecular complexity index is 1050. The standard InChI is InChI=1S/C21H25F2N5O2/c1-12(11-28-9-4-13(2)25-28)21(29)27-7-5-15(6-8-27)17-10-16(19(22)23)18-14(3)26-30-20(18)24-17/h4,9-10,12,15,19H,5-8,11H2,1-3H3. The molecule has 1 aliphatic rings. The van der Waals surface area contributed by atoms with Gasteiger partial charge in [-0.3, -0.25) is 9.48 Å². The van der Waals surface area contributed by atoms with Gasteiger partial charge in [0.05, 0.1) is 29.2 Å². The quantitative estimate of drug-likeness (QED) is 0.627. The van der Waals surface area contributed by atoms with Crippen molar-refractivity contribution < 1.29 is 18.1 Å². The van der Waals surface area contributed by atoms with E-state index in [1.54, 1.807) is 11.6 Å². The highest BCUT2D eigenvalue weighted by Crippen LogP contribution is 2.35. The van der Waals surface area contributed by atoms with E-state index in [4.69, 9.17) is 4.52 Å². The van der Waals surface area contributed by atoms with Crippen molar-refractivity contribution in [1.82, 2.24) is 24.8 Å². The number of alkyl halides is 2. The summed E-state index contributed by atoms with van der Waals surface area (Å²) in [6.07, 6.45) is 0.598. The third-order valence-electron chi connectivity index (χ3n) is 5.78. The Hall–Kier alpha value is -2.84. The van der Waals surface area contributed by atoms with Gasteiger partial charge < -0.3 is 9.42 Å². The van der Waals surface area contributed by atoms with Crippen LogP contribution in [0.15, 0.2) is 22.9 Å². The fourth-order valence-electron chi connectivity index (χ4n) is 4.16. The maximum absolute atomic E-state index is 13.6. The zero-order chi connectivity index (χ0) is 21.4. The maximum atomic E-state index is 13.6. The lowest BCUT2D eigenvalue weighted by molar-refractivity contribution is -0.136. The molecule has 1 atom stereocenters. The van der Waals surface area contributed by atoms with Crippen LogP contribution in [-0.2, 0) is 11.3 Å². The first kappa shape index (κ1) is 20.4. The lowest BCUT2D eigenvalue weighted by Crippen LogP contribution is -2.41. The highest BCUT2D eigenvalue weighted by Gasteiger charge is 2.29. The smallest absolute Gasteiger partial charge is 0.264 e. The minimum atomic E-state index is -2.62. The van der Waals surface area contributed by atoms with Crippen LogP contribution in [0.2, 0.25) is 0 Å². The van der Waals surface area contributed by atoms with Gasteiger partial charge >= 0.3 is 0 Å². The Morgan fingerprint density at radius 1 is 1.30 bits per heavy atom. The van der Waals surface area contributed by atoms with Gasteiger partial charge in [0.25, 0.3) is 12.1 Å². The predicted octanol–water partition coefficient (Wildman–Crippen LogP) is 4.02. The Morgan fingerprint density at radius 3 is 2.67 bits per heavy atom. The van der Waals surface area contributed by atoms with Gasteiger partial charge in [0, 0.05) is 36.5 Å². The van der Waals surface area contributed by atoms with Crippen LogP contribution in [0.4, 0.5) is 8.78 Å². The van der Waals surface area contributed by atoms with Crippen LogP contribution < -0.4 is 0 Å². The highest BCUT2D eigenvalue weighted by molar-refractivity contribution is 5.80. The molecule has 3 aromatic heterocycles. The summed E-state index contributed by atoms with van der Waals surface area (Å²) in [6.45, 7) is 7.14. The van der Waals surface area contributed by atoms with Crippen LogP contribution in [0.25, 0.3) is 11.1 Å². The van der Waals surface area contributed by atoms with Crippen molar-refractivity contribution in [1.29, 1.82) is 0 Å². The van der Waals surface area contributed by atoms with Gasteiger partial charge in [-0.15, -0.1) is 0 Å². The summed E-state index contributed by atoms with van der Waals surface area (Å²) in [5.74, 6) is -0.0903. The first-order valence-electron chi connectivity index (χ1n) is 10.2. The van der Waals surface area contributed by atoms with Crippen LogP contribution in [0.5, 0.6) is 0 Å². The fraction of sp³-hybridized carbons (Fsp3) is 0.524. The van der Waals surface area contributed by atoms with E-state index in [0.717, 1.165) is 5.69 Å². The molecular formula is C21H25F2N5O2. The van der Waals surface area contributed by atoms with Crippen molar-refractivity contribution in [2.75, 3.05) is 13.1 Å². The van der Waals surface area contributed by atoms with Gasteiger partial charge in [0.1, 0.15) is 0 Å². The molecule has 9 heteroatoms. The molecule has 1 aliphatic heterocycles. The zero-order valence-corrected chi connectivity index (χ0v) is 17.3. The molecule has 0 aliphatic carbocycles. The van der Waals surface area contributed by atoms with Gasteiger partial charge in [0.2, 0.25) is 5.91 Å². The van der Waals surface area contributed by atoms with Gasteiger partial charge in [0.15, 0.2) is 0 Å². The van der Waals surface area contributed by atoms with E-state index in [-0.39, 0.29) is 29.0 Å². The summed E-state index contributed by atoms with van der Waals surface area (Å²) in [5.41, 5.74) is 1.99. The number of carbonyl (C=O) groups is 1. The number of hydrogen-bond donors (Lipinski definition) is 0. The number of aromatic nitrogens is 4. The molecule has 0 radical (unpaired) electrons. The summed E-state index contributed by atoms with van der Waals surface area (Å²) in [4.78, 5) is 19.1. The van der Waals surface area contributed by atoms with Gasteiger partial charge in [-0.25, -0.2) is 13.8 Å². The number of nitrogens with zero attached hydrogens (tertiary/aromatic N) is 5. The number of halogens is 2. The second-order valence-electron chi connectivity index (χ2n) is 8.06. The predicted molar refractivity (Wildman–Crippen MR) is 106 cm³/mol. The van der Waals surface area contributed by atoms with E-state index in [2.05, 4.69) is 15.2 Å². The van der Waals surface area contributed by atoms with Gasteiger partial charge in [-0.05, 0) is 38.8 Å². The number of piperidine rings is 1.